The van der Waals surface area contributed by atoms with E-state index in [2.05, 4.69) is 11.4 Å². The summed E-state index contributed by atoms with van der Waals surface area (Å²) >= 11 is 0. The Kier molecular flexibility index (Phi) is 23.2. The molecule has 0 saturated carbocycles. The van der Waals surface area contributed by atoms with Crippen LogP contribution in [0.15, 0.2) is 0 Å². The fourth-order valence-electron chi connectivity index (χ4n) is 3.65. The van der Waals surface area contributed by atoms with Crippen molar-refractivity contribution in [2.45, 2.75) is 122 Å². The van der Waals surface area contributed by atoms with E-state index in [9.17, 15) is 14.5 Å². The number of carbonyl (C=O) groups is 1. The average molecular weight is 495 g/mol. The number of hydrogen-bond acceptors (Lipinski definition) is 7. The van der Waals surface area contributed by atoms with Crippen LogP contribution in [0.3, 0.4) is 0 Å². The number of unbranched alkanes of at least 4 members (excludes halogenated alkanes) is 15. The van der Waals surface area contributed by atoms with E-state index in [1.807, 2.05) is 0 Å². The lowest BCUT2D eigenvalue weighted by Gasteiger charge is -2.21. The summed E-state index contributed by atoms with van der Waals surface area (Å²) in [6, 6.07) is 0. The normalized spacial score (nSPS) is 15.3. The molecule has 0 fully saturated rings. The van der Waals surface area contributed by atoms with Crippen molar-refractivity contribution in [3.63, 3.8) is 0 Å². The van der Waals surface area contributed by atoms with Gasteiger partial charge in [-0.1, -0.05) is 103 Å². The van der Waals surface area contributed by atoms with Gasteiger partial charge < -0.3 is 23.6 Å². The summed E-state index contributed by atoms with van der Waals surface area (Å²) in [5, 5.41) is 9.45. The minimum Gasteiger partial charge on any atom is -0.379 e. The van der Waals surface area contributed by atoms with Crippen molar-refractivity contribution in [1.29, 1.82) is 0 Å². The van der Waals surface area contributed by atoms with Crippen LogP contribution in [-0.4, -0.2) is 57.4 Å². The van der Waals surface area contributed by atoms with E-state index in [0.717, 1.165) is 20.0 Å². The first-order valence-corrected chi connectivity index (χ1v) is 14.7. The first kappa shape index (κ1) is 32.7. The number of aliphatic hydroxyl groups is 1. The van der Waals surface area contributed by atoms with Gasteiger partial charge in [0.2, 0.25) is 5.85 Å². The molecule has 0 aliphatic carbocycles. The molecule has 198 valence electrons. The maximum absolute atomic E-state index is 12.2. The van der Waals surface area contributed by atoms with Crippen molar-refractivity contribution >= 4 is 13.9 Å². The van der Waals surface area contributed by atoms with E-state index < -0.39 is 19.5 Å². The molecule has 0 saturated heterocycles. The molecule has 0 aliphatic rings. The van der Waals surface area contributed by atoms with Crippen molar-refractivity contribution in [3.05, 3.63) is 0 Å². The minimum absolute atomic E-state index is 0.0918. The number of aldehydes is 1. The predicted molar refractivity (Wildman–Crippen MR) is 134 cm³/mol. The Morgan fingerprint density at radius 1 is 0.758 bits per heavy atom. The average Bonchev–Trinajstić information content (AvgIpc) is 2.84. The van der Waals surface area contributed by atoms with E-state index in [0.29, 0.717) is 6.61 Å². The lowest BCUT2D eigenvalue weighted by atomic mass is 10.0. The summed E-state index contributed by atoms with van der Waals surface area (Å²) in [6.07, 6.45) is 21.0. The fourth-order valence-corrected chi connectivity index (χ4v) is 4.65. The Morgan fingerprint density at radius 3 is 1.61 bits per heavy atom. The number of methoxy groups -OCH3 is 1. The highest BCUT2D eigenvalue weighted by Crippen LogP contribution is 2.50. The molecular weight excluding hydrogens is 443 g/mol. The van der Waals surface area contributed by atoms with Gasteiger partial charge in [0, 0.05) is 20.8 Å². The van der Waals surface area contributed by atoms with Crippen molar-refractivity contribution < 1.29 is 33.0 Å². The smallest absolute Gasteiger partial charge is 0.366 e. The van der Waals surface area contributed by atoms with Crippen LogP contribution in [0, 0.1) is 0 Å². The zero-order chi connectivity index (χ0) is 24.6. The van der Waals surface area contributed by atoms with Gasteiger partial charge in [-0.05, 0) is 6.42 Å². The SMILES string of the molecule is CCCCCCCCCCCCCCCCCCOCC(COP(=O)(OC)C(O)C=O)OC. The highest BCUT2D eigenvalue weighted by Gasteiger charge is 2.34. The molecule has 0 rings (SSSR count). The van der Waals surface area contributed by atoms with Gasteiger partial charge in [-0.15, -0.1) is 0 Å². The van der Waals surface area contributed by atoms with Gasteiger partial charge in [0.1, 0.15) is 6.10 Å². The van der Waals surface area contributed by atoms with Gasteiger partial charge in [0.15, 0.2) is 6.29 Å². The van der Waals surface area contributed by atoms with Crippen LogP contribution in [0.5, 0.6) is 0 Å². The molecule has 33 heavy (non-hydrogen) atoms. The van der Waals surface area contributed by atoms with Crippen molar-refractivity contribution in [1.82, 2.24) is 0 Å². The van der Waals surface area contributed by atoms with Crippen LogP contribution in [0.2, 0.25) is 0 Å². The van der Waals surface area contributed by atoms with Crippen molar-refractivity contribution in [2.24, 2.45) is 0 Å². The maximum Gasteiger partial charge on any atom is 0.366 e. The largest absolute Gasteiger partial charge is 0.379 e. The molecule has 0 aromatic carbocycles. The number of carbonyl (C=O) groups excluding carboxylic acids is 1. The second kappa shape index (κ2) is 23.4. The molecule has 8 heteroatoms. The maximum atomic E-state index is 12.2. The lowest BCUT2D eigenvalue weighted by Crippen LogP contribution is -2.26. The highest BCUT2D eigenvalue weighted by atomic mass is 31.2. The van der Waals surface area contributed by atoms with Gasteiger partial charge in [0.05, 0.1) is 13.2 Å². The predicted octanol–water partition coefficient (Wildman–Crippen LogP) is 6.65. The summed E-state index contributed by atoms with van der Waals surface area (Å²) in [5.74, 6) is -1.80. The Balaban J connectivity index is 3.49. The standard InChI is InChI=1S/C25H51O7P/c1-4-5-6-7-8-9-10-11-12-13-14-15-16-17-18-19-20-31-22-24(29-2)23-32-33(28,30-3)25(27)21-26/h21,24-25,27H,4-20,22-23H2,1-3H3. The second-order valence-corrected chi connectivity index (χ2v) is 11.0. The molecule has 0 aliphatic heterocycles. The summed E-state index contributed by atoms with van der Waals surface area (Å²) in [7, 11) is -1.26. The molecule has 0 bridgehead atoms. The molecule has 0 spiro atoms. The topological polar surface area (TPSA) is 91.3 Å². The molecule has 3 unspecified atom stereocenters. The van der Waals surface area contributed by atoms with Gasteiger partial charge in [-0.2, -0.15) is 0 Å². The number of ether oxygens (including phenoxy) is 2. The monoisotopic (exact) mass is 494 g/mol. The first-order valence-electron chi connectivity index (χ1n) is 13.1. The van der Waals surface area contributed by atoms with Crippen LogP contribution >= 0.6 is 7.60 Å². The first-order chi connectivity index (χ1) is 16.0. The quantitative estimate of drug-likeness (QED) is 0.0817. The third-order valence-electron chi connectivity index (χ3n) is 5.92. The van der Waals surface area contributed by atoms with Crippen LogP contribution in [0.1, 0.15) is 110 Å². The minimum atomic E-state index is -3.88. The molecule has 3 atom stereocenters. The van der Waals surface area contributed by atoms with Crippen molar-refractivity contribution in [3.8, 4) is 0 Å². The molecule has 0 heterocycles. The Hall–Kier alpha value is -0.300. The molecule has 0 amide bonds. The Bertz CT molecular complexity index is 476. The van der Waals surface area contributed by atoms with Crippen molar-refractivity contribution in [2.75, 3.05) is 34.0 Å². The van der Waals surface area contributed by atoms with E-state index >= 15 is 0 Å². The van der Waals surface area contributed by atoms with E-state index in [1.165, 1.54) is 97.0 Å². The Labute approximate surface area is 202 Å². The highest BCUT2D eigenvalue weighted by molar-refractivity contribution is 7.55. The third kappa shape index (κ3) is 18.7. The van der Waals surface area contributed by atoms with E-state index in [-0.39, 0.29) is 19.5 Å². The number of hydrogen-bond donors (Lipinski definition) is 1. The summed E-state index contributed by atoms with van der Waals surface area (Å²) in [6.45, 7) is 3.10. The zero-order valence-corrected chi connectivity index (χ0v) is 22.4. The van der Waals surface area contributed by atoms with Gasteiger partial charge >= 0.3 is 7.60 Å². The molecular formula is C25H51O7P. The lowest BCUT2D eigenvalue weighted by molar-refractivity contribution is -0.112. The summed E-state index contributed by atoms with van der Waals surface area (Å²) in [5.41, 5.74) is 0. The molecule has 0 aromatic heterocycles. The molecule has 1 N–H and O–H groups in total. The van der Waals surface area contributed by atoms with E-state index in [4.69, 9.17) is 14.0 Å². The molecule has 0 radical (unpaired) electrons. The zero-order valence-electron chi connectivity index (χ0n) is 21.5. The van der Waals surface area contributed by atoms with Crippen LogP contribution < -0.4 is 0 Å². The summed E-state index contributed by atoms with van der Waals surface area (Å²) < 4.78 is 32.8. The summed E-state index contributed by atoms with van der Waals surface area (Å²) in [4.78, 5) is 10.6. The second-order valence-electron chi connectivity index (χ2n) is 8.80. The van der Waals surface area contributed by atoms with E-state index in [1.54, 1.807) is 0 Å². The number of aliphatic hydroxyl groups excluding tert-OH is 1. The molecule has 0 aromatic rings. The molecule has 7 nitrogen and oxygen atoms in total. The van der Waals surface area contributed by atoms with Crippen LogP contribution in [0.4, 0.5) is 0 Å². The number of rotatable bonds is 26. The Morgan fingerprint density at radius 2 is 1.21 bits per heavy atom. The van der Waals surface area contributed by atoms with Gasteiger partial charge in [-0.3, -0.25) is 9.36 Å². The third-order valence-corrected chi connectivity index (χ3v) is 7.71. The fraction of sp³-hybridized carbons (Fsp3) is 0.960. The van der Waals surface area contributed by atoms with Gasteiger partial charge in [0.25, 0.3) is 0 Å². The van der Waals surface area contributed by atoms with Gasteiger partial charge in [-0.25, -0.2) is 0 Å². The van der Waals surface area contributed by atoms with Crippen LogP contribution in [-0.2, 0) is 27.9 Å². The van der Waals surface area contributed by atoms with Crippen LogP contribution in [0.25, 0.3) is 0 Å².